The molecule has 70 valence electrons. The van der Waals surface area contributed by atoms with Gasteiger partial charge in [-0.05, 0) is 11.6 Å². The Morgan fingerprint density at radius 3 is 3.00 bits per heavy atom. The van der Waals surface area contributed by atoms with E-state index >= 15 is 0 Å². The molecule has 1 heterocycles. The molecule has 1 atom stereocenters. The lowest BCUT2D eigenvalue weighted by Crippen LogP contribution is -2.20. The fraction of sp³-hybridized carbons (Fsp3) is 0.400. The van der Waals surface area contributed by atoms with Crippen LogP contribution in [0.5, 0.6) is 0 Å². The molecule has 1 aromatic rings. The zero-order chi connectivity index (χ0) is 9.26. The molecular formula is C10H13NOS. The van der Waals surface area contributed by atoms with Crippen molar-refractivity contribution in [2.24, 2.45) is 0 Å². The van der Waals surface area contributed by atoms with E-state index < -0.39 is 10.8 Å². The first-order chi connectivity index (χ1) is 6.27. The van der Waals surface area contributed by atoms with E-state index in [0.29, 0.717) is 5.75 Å². The summed E-state index contributed by atoms with van der Waals surface area (Å²) in [7, 11) is 1.38. The smallest absolute Gasteiger partial charge is 0.0506 e. The number of hydrogen-bond donors (Lipinski definition) is 0. The molecule has 2 rings (SSSR count). The van der Waals surface area contributed by atoms with E-state index in [0.717, 1.165) is 12.3 Å². The minimum absolute atomic E-state index is 0.681. The Labute approximate surface area is 81.0 Å². The summed E-state index contributed by atoms with van der Waals surface area (Å²) in [6.07, 6.45) is 0. The summed E-state index contributed by atoms with van der Waals surface area (Å²) in [5, 5.41) is 0. The van der Waals surface area contributed by atoms with Crippen LogP contribution in [0.4, 0.5) is 5.69 Å². The Kier molecular flexibility index (Phi) is 2.36. The van der Waals surface area contributed by atoms with E-state index in [1.165, 1.54) is 11.3 Å². The molecular weight excluding hydrogens is 182 g/mol. The standard InChI is InChI=1S/C10H13NOS/c1-11-6-7-13(12)8-9-4-2-3-5-10(9)11/h2-5H,6-8H2,1H3. The van der Waals surface area contributed by atoms with E-state index in [4.69, 9.17) is 0 Å². The maximum atomic E-state index is 11.5. The first-order valence-corrected chi connectivity index (χ1v) is 5.90. The molecule has 0 saturated heterocycles. The maximum Gasteiger partial charge on any atom is 0.0506 e. The Morgan fingerprint density at radius 1 is 1.38 bits per heavy atom. The quantitative estimate of drug-likeness (QED) is 0.623. The van der Waals surface area contributed by atoms with Gasteiger partial charge in [-0.25, -0.2) is 0 Å². The molecule has 0 radical (unpaired) electrons. The van der Waals surface area contributed by atoms with E-state index in [1.54, 1.807) is 0 Å². The van der Waals surface area contributed by atoms with Crippen LogP contribution < -0.4 is 4.90 Å². The summed E-state index contributed by atoms with van der Waals surface area (Å²) in [5.74, 6) is 1.49. The van der Waals surface area contributed by atoms with Crippen LogP contribution in [0, 0.1) is 0 Å². The lowest BCUT2D eigenvalue weighted by Gasteiger charge is -2.17. The third kappa shape index (κ3) is 1.75. The zero-order valence-corrected chi connectivity index (χ0v) is 8.51. The Morgan fingerprint density at radius 2 is 2.15 bits per heavy atom. The van der Waals surface area contributed by atoms with Crippen LogP contribution in [0.2, 0.25) is 0 Å². The number of nitrogens with zero attached hydrogens (tertiary/aromatic N) is 1. The molecule has 0 aliphatic carbocycles. The second-order valence-corrected chi connectivity index (χ2v) is 4.92. The average molecular weight is 195 g/mol. The molecule has 2 nitrogen and oxygen atoms in total. The lowest BCUT2D eigenvalue weighted by molar-refractivity contribution is 0.682. The van der Waals surface area contributed by atoms with Crippen molar-refractivity contribution in [1.82, 2.24) is 0 Å². The zero-order valence-electron chi connectivity index (χ0n) is 7.69. The third-order valence-corrected chi connectivity index (χ3v) is 3.64. The fourth-order valence-electron chi connectivity index (χ4n) is 1.61. The van der Waals surface area contributed by atoms with E-state index in [2.05, 4.69) is 24.1 Å². The molecule has 3 heteroatoms. The molecule has 1 aliphatic heterocycles. The molecule has 0 bridgehead atoms. The van der Waals surface area contributed by atoms with Crippen molar-refractivity contribution in [3.63, 3.8) is 0 Å². The van der Waals surface area contributed by atoms with Crippen LogP contribution in [-0.4, -0.2) is 23.6 Å². The number of para-hydroxylation sites is 1. The monoisotopic (exact) mass is 195 g/mol. The van der Waals surface area contributed by atoms with Gasteiger partial charge in [0.15, 0.2) is 0 Å². The van der Waals surface area contributed by atoms with Crippen LogP contribution in [0.1, 0.15) is 5.56 Å². The normalized spacial score (nSPS) is 22.2. The Balaban J connectivity index is 2.43. The van der Waals surface area contributed by atoms with Crippen LogP contribution in [0.3, 0.4) is 0 Å². The van der Waals surface area contributed by atoms with Gasteiger partial charge >= 0.3 is 0 Å². The summed E-state index contributed by atoms with van der Waals surface area (Å²) in [6, 6.07) is 8.20. The van der Waals surface area contributed by atoms with Crippen molar-refractivity contribution < 1.29 is 4.21 Å². The topological polar surface area (TPSA) is 20.3 Å². The van der Waals surface area contributed by atoms with Gasteiger partial charge in [-0.2, -0.15) is 0 Å². The summed E-state index contributed by atoms with van der Waals surface area (Å²) < 4.78 is 11.5. The van der Waals surface area contributed by atoms with E-state index in [1.807, 2.05) is 12.1 Å². The number of fused-ring (bicyclic) bond motifs is 1. The highest BCUT2D eigenvalue weighted by Crippen LogP contribution is 2.22. The summed E-state index contributed by atoms with van der Waals surface area (Å²) in [5.41, 5.74) is 2.44. The molecule has 1 aliphatic rings. The Bertz CT molecular complexity index is 337. The second-order valence-electron chi connectivity index (χ2n) is 3.34. The number of hydrogen-bond acceptors (Lipinski definition) is 2. The van der Waals surface area contributed by atoms with Crippen LogP contribution in [0.25, 0.3) is 0 Å². The van der Waals surface area contributed by atoms with Crippen LogP contribution in [0.15, 0.2) is 24.3 Å². The highest BCUT2D eigenvalue weighted by atomic mass is 32.2. The first-order valence-electron chi connectivity index (χ1n) is 4.41. The van der Waals surface area contributed by atoms with E-state index in [9.17, 15) is 4.21 Å². The average Bonchev–Trinajstić information content (AvgIpc) is 2.27. The van der Waals surface area contributed by atoms with E-state index in [-0.39, 0.29) is 0 Å². The van der Waals surface area contributed by atoms with Gasteiger partial charge in [0.2, 0.25) is 0 Å². The summed E-state index contributed by atoms with van der Waals surface area (Å²) in [4.78, 5) is 2.18. The van der Waals surface area contributed by atoms with Crippen molar-refractivity contribution in [1.29, 1.82) is 0 Å². The van der Waals surface area contributed by atoms with Crippen LogP contribution >= 0.6 is 0 Å². The molecule has 0 amide bonds. The third-order valence-electron chi connectivity index (χ3n) is 2.37. The fourth-order valence-corrected chi connectivity index (χ4v) is 2.82. The van der Waals surface area contributed by atoms with Gasteiger partial charge in [0, 0.05) is 35.8 Å². The SMILES string of the molecule is CN1CCS(=O)Cc2ccccc21. The molecule has 1 unspecified atom stereocenters. The van der Waals surface area contributed by atoms with Crippen LogP contribution in [-0.2, 0) is 16.6 Å². The van der Waals surface area contributed by atoms with Gasteiger partial charge in [0.25, 0.3) is 0 Å². The van der Waals surface area contributed by atoms with Gasteiger partial charge in [-0.1, -0.05) is 18.2 Å². The Hall–Kier alpha value is -0.830. The minimum Gasteiger partial charge on any atom is -0.373 e. The molecule has 0 aromatic heterocycles. The molecule has 13 heavy (non-hydrogen) atoms. The van der Waals surface area contributed by atoms with Gasteiger partial charge < -0.3 is 4.90 Å². The van der Waals surface area contributed by atoms with Gasteiger partial charge in [-0.3, -0.25) is 4.21 Å². The number of rotatable bonds is 0. The lowest BCUT2D eigenvalue weighted by atomic mass is 10.2. The highest BCUT2D eigenvalue weighted by Gasteiger charge is 2.14. The molecule has 0 fully saturated rings. The summed E-state index contributed by atoms with van der Waals surface area (Å²) >= 11 is 0. The van der Waals surface area contributed by atoms with Gasteiger partial charge in [0.1, 0.15) is 0 Å². The first kappa shape index (κ1) is 8.75. The molecule has 0 spiro atoms. The van der Waals surface area contributed by atoms with Crippen molar-refractivity contribution in [3.8, 4) is 0 Å². The largest absolute Gasteiger partial charge is 0.373 e. The minimum atomic E-state index is -0.681. The van der Waals surface area contributed by atoms with Crippen molar-refractivity contribution >= 4 is 16.5 Å². The predicted octanol–water partition coefficient (Wildman–Crippen LogP) is 1.39. The molecule has 1 aromatic carbocycles. The predicted molar refractivity (Wildman–Crippen MR) is 56.4 cm³/mol. The van der Waals surface area contributed by atoms with Crippen molar-refractivity contribution in [2.75, 3.05) is 24.2 Å². The van der Waals surface area contributed by atoms with Gasteiger partial charge in [0.05, 0.1) is 5.75 Å². The molecule has 0 N–H and O–H groups in total. The maximum absolute atomic E-state index is 11.5. The van der Waals surface area contributed by atoms with Crippen molar-refractivity contribution in [2.45, 2.75) is 5.75 Å². The molecule has 0 saturated carbocycles. The number of benzene rings is 1. The number of anilines is 1. The van der Waals surface area contributed by atoms with Gasteiger partial charge in [-0.15, -0.1) is 0 Å². The highest BCUT2D eigenvalue weighted by molar-refractivity contribution is 7.84. The second kappa shape index (κ2) is 3.50. The summed E-state index contributed by atoms with van der Waals surface area (Å²) in [6.45, 7) is 0.892. The van der Waals surface area contributed by atoms with Crippen molar-refractivity contribution in [3.05, 3.63) is 29.8 Å².